The summed E-state index contributed by atoms with van der Waals surface area (Å²) < 4.78 is 18.1. The molecule has 0 saturated carbocycles. The van der Waals surface area contributed by atoms with Gasteiger partial charge in [0.2, 0.25) is 0 Å². The number of halogens is 1. The SMILES string of the molecule is CCc1ccc(F)c2cnsc12. The molecule has 0 fully saturated rings. The lowest BCUT2D eigenvalue weighted by Crippen LogP contribution is -1.82. The number of rotatable bonds is 1. The van der Waals surface area contributed by atoms with Gasteiger partial charge in [-0.1, -0.05) is 13.0 Å². The minimum atomic E-state index is -0.170. The molecule has 0 saturated heterocycles. The van der Waals surface area contributed by atoms with Crippen LogP contribution in [0.5, 0.6) is 0 Å². The predicted molar refractivity (Wildman–Crippen MR) is 49.0 cm³/mol. The maximum Gasteiger partial charge on any atom is 0.133 e. The van der Waals surface area contributed by atoms with Crippen LogP contribution in [0, 0.1) is 5.82 Å². The summed E-state index contributed by atoms with van der Waals surface area (Å²) in [5.74, 6) is -0.170. The van der Waals surface area contributed by atoms with E-state index in [1.165, 1.54) is 23.2 Å². The molecule has 0 aliphatic heterocycles. The number of hydrogen-bond donors (Lipinski definition) is 0. The zero-order valence-electron chi connectivity index (χ0n) is 6.67. The lowest BCUT2D eigenvalue weighted by atomic mass is 10.1. The summed E-state index contributed by atoms with van der Waals surface area (Å²) in [6.45, 7) is 2.06. The van der Waals surface area contributed by atoms with E-state index in [1.54, 1.807) is 6.20 Å². The zero-order valence-corrected chi connectivity index (χ0v) is 7.49. The van der Waals surface area contributed by atoms with Gasteiger partial charge in [-0.2, -0.15) is 4.37 Å². The van der Waals surface area contributed by atoms with Gasteiger partial charge in [0.1, 0.15) is 5.82 Å². The quantitative estimate of drug-likeness (QED) is 0.659. The average molecular weight is 181 g/mol. The van der Waals surface area contributed by atoms with Crippen LogP contribution in [0.25, 0.3) is 10.1 Å². The normalized spacial score (nSPS) is 10.8. The Kier molecular flexibility index (Phi) is 1.81. The van der Waals surface area contributed by atoms with Gasteiger partial charge in [-0.15, -0.1) is 0 Å². The molecule has 3 heteroatoms. The molecule has 0 aliphatic rings. The van der Waals surface area contributed by atoms with E-state index in [-0.39, 0.29) is 5.82 Å². The minimum Gasteiger partial charge on any atom is -0.206 e. The van der Waals surface area contributed by atoms with Crippen LogP contribution in [0.3, 0.4) is 0 Å². The van der Waals surface area contributed by atoms with Crippen LogP contribution in [0.2, 0.25) is 0 Å². The monoisotopic (exact) mass is 181 g/mol. The van der Waals surface area contributed by atoms with Gasteiger partial charge in [-0.05, 0) is 29.6 Å². The van der Waals surface area contributed by atoms with E-state index in [2.05, 4.69) is 11.3 Å². The molecule has 0 aliphatic carbocycles. The number of hydrogen-bond acceptors (Lipinski definition) is 2. The van der Waals surface area contributed by atoms with Gasteiger partial charge in [-0.3, -0.25) is 0 Å². The van der Waals surface area contributed by atoms with Gasteiger partial charge in [0, 0.05) is 5.39 Å². The van der Waals surface area contributed by atoms with E-state index < -0.39 is 0 Å². The molecule has 0 unspecified atom stereocenters. The second-order valence-corrected chi connectivity index (χ2v) is 3.43. The number of nitrogens with zero attached hydrogens (tertiary/aromatic N) is 1. The number of aromatic nitrogens is 1. The molecule has 0 amide bonds. The van der Waals surface area contributed by atoms with Crippen LogP contribution in [0.15, 0.2) is 18.3 Å². The Morgan fingerprint density at radius 3 is 3.08 bits per heavy atom. The number of aryl methyl sites for hydroxylation is 1. The van der Waals surface area contributed by atoms with Gasteiger partial charge < -0.3 is 0 Å². The first-order chi connectivity index (χ1) is 5.83. The van der Waals surface area contributed by atoms with Crippen molar-refractivity contribution in [3.63, 3.8) is 0 Å². The molecule has 2 aromatic rings. The van der Waals surface area contributed by atoms with Crippen LogP contribution < -0.4 is 0 Å². The molecule has 0 atom stereocenters. The van der Waals surface area contributed by atoms with E-state index in [0.29, 0.717) is 5.39 Å². The predicted octanol–water partition coefficient (Wildman–Crippen LogP) is 3.00. The average Bonchev–Trinajstić information content (AvgIpc) is 2.54. The Hall–Kier alpha value is -0.960. The summed E-state index contributed by atoms with van der Waals surface area (Å²) in [6, 6.07) is 3.34. The summed E-state index contributed by atoms with van der Waals surface area (Å²) in [4.78, 5) is 0. The van der Waals surface area contributed by atoms with Crippen LogP contribution in [-0.2, 0) is 6.42 Å². The Balaban J connectivity index is 2.82. The Morgan fingerprint density at radius 1 is 1.50 bits per heavy atom. The Morgan fingerprint density at radius 2 is 2.33 bits per heavy atom. The van der Waals surface area contributed by atoms with Crippen LogP contribution in [-0.4, -0.2) is 4.37 Å². The van der Waals surface area contributed by atoms with Gasteiger partial charge >= 0.3 is 0 Å². The number of benzene rings is 1. The fourth-order valence-corrected chi connectivity index (χ4v) is 2.10. The molecule has 0 N–H and O–H groups in total. The highest BCUT2D eigenvalue weighted by Crippen LogP contribution is 2.25. The first-order valence-corrected chi connectivity index (χ1v) is 4.62. The maximum absolute atomic E-state index is 13.1. The van der Waals surface area contributed by atoms with E-state index >= 15 is 0 Å². The molecule has 2 rings (SSSR count). The van der Waals surface area contributed by atoms with Crippen molar-refractivity contribution >= 4 is 21.6 Å². The van der Waals surface area contributed by atoms with Gasteiger partial charge in [0.25, 0.3) is 0 Å². The molecule has 0 radical (unpaired) electrons. The molecular weight excluding hydrogens is 173 g/mol. The largest absolute Gasteiger partial charge is 0.206 e. The third-order valence-electron chi connectivity index (χ3n) is 1.93. The topological polar surface area (TPSA) is 12.9 Å². The molecule has 0 spiro atoms. The minimum absolute atomic E-state index is 0.170. The van der Waals surface area contributed by atoms with Crippen molar-refractivity contribution in [1.82, 2.24) is 4.37 Å². The molecule has 12 heavy (non-hydrogen) atoms. The van der Waals surface area contributed by atoms with Crippen molar-refractivity contribution in [2.45, 2.75) is 13.3 Å². The van der Waals surface area contributed by atoms with Crippen molar-refractivity contribution < 1.29 is 4.39 Å². The summed E-state index contributed by atoms with van der Waals surface area (Å²) >= 11 is 1.36. The fraction of sp³-hybridized carbons (Fsp3) is 0.222. The highest BCUT2D eigenvalue weighted by atomic mass is 32.1. The molecule has 0 bridgehead atoms. The lowest BCUT2D eigenvalue weighted by Gasteiger charge is -1.97. The first-order valence-electron chi connectivity index (χ1n) is 3.84. The Labute approximate surface area is 74.0 Å². The van der Waals surface area contributed by atoms with Crippen molar-refractivity contribution in [2.75, 3.05) is 0 Å². The standard InChI is InChI=1S/C9H8FNS/c1-2-6-3-4-8(10)7-5-11-12-9(6)7/h3-5H,2H2,1H3. The second-order valence-electron chi connectivity index (χ2n) is 2.63. The summed E-state index contributed by atoms with van der Waals surface area (Å²) in [7, 11) is 0. The molecular formula is C9H8FNS. The van der Waals surface area contributed by atoms with Crippen molar-refractivity contribution in [2.24, 2.45) is 0 Å². The maximum atomic E-state index is 13.1. The molecule has 1 heterocycles. The van der Waals surface area contributed by atoms with E-state index in [1.807, 2.05) is 6.07 Å². The first kappa shape index (κ1) is 7.68. The lowest BCUT2D eigenvalue weighted by molar-refractivity contribution is 0.639. The van der Waals surface area contributed by atoms with Crippen molar-refractivity contribution in [3.05, 3.63) is 29.7 Å². The third kappa shape index (κ3) is 1.01. The molecule has 62 valence electrons. The van der Waals surface area contributed by atoms with Crippen LogP contribution in [0.1, 0.15) is 12.5 Å². The molecule has 1 nitrogen and oxygen atoms in total. The summed E-state index contributed by atoms with van der Waals surface area (Å²) in [6.07, 6.45) is 2.52. The van der Waals surface area contributed by atoms with Gasteiger partial charge in [0.15, 0.2) is 0 Å². The van der Waals surface area contributed by atoms with Crippen LogP contribution >= 0.6 is 11.5 Å². The van der Waals surface area contributed by atoms with Gasteiger partial charge in [0.05, 0.1) is 10.9 Å². The highest BCUT2D eigenvalue weighted by Gasteiger charge is 2.05. The summed E-state index contributed by atoms with van der Waals surface area (Å²) in [5, 5.41) is 0.652. The second kappa shape index (κ2) is 2.83. The molecule has 1 aromatic heterocycles. The summed E-state index contributed by atoms with van der Waals surface area (Å²) in [5.41, 5.74) is 1.17. The fourth-order valence-electron chi connectivity index (χ4n) is 1.26. The van der Waals surface area contributed by atoms with Gasteiger partial charge in [-0.25, -0.2) is 4.39 Å². The van der Waals surface area contributed by atoms with Crippen molar-refractivity contribution in [1.29, 1.82) is 0 Å². The van der Waals surface area contributed by atoms with E-state index in [0.717, 1.165) is 11.1 Å². The zero-order chi connectivity index (χ0) is 8.55. The van der Waals surface area contributed by atoms with Crippen LogP contribution in [0.4, 0.5) is 4.39 Å². The smallest absolute Gasteiger partial charge is 0.133 e. The third-order valence-corrected chi connectivity index (χ3v) is 2.81. The van der Waals surface area contributed by atoms with Crippen molar-refractivity contribution in [3.8, 4) is 0 Å². The highest BCUT2D eigenvalue weighted by molar-refractivity contribution is 7.13. The number of fused-ring (bicyclic) bond motifs is 1. The Bertz CT molecular complexity index is 408. The molecule has 1 aromatic carbocycles. The van der Waals surface area contributed by atoms with E-state index in [9.17, 15) is 4.39 Å². The van der Waals surface area contributed by atoms with E-state index in [4.69, 9.17) is 0 Å².